The van der Waals surface area contributed by atoms with Crippen LogP contribution in [0.1, 0.15) is 16.2 Å². The lowest BCUT2D eigenvalue weighted by atomic mass is 10.1. The number of ether oxygens (including phenoxy) is 1. The van der Waals surface area contributed by atoms with Crippen LogP contribution in [-0.2, 0) is 17.9 Å². The van der Waals surface area contributed by atoms with Crippen LogP contribution in [0.3, 0.4) is 0 Å². The molecule has 0 radical (unpaired) electrons. The number of aromatic nitrogens is 4. The minimum Gasteiger partial charge on any atom is -0.487 e. The summed E-state index contributed by atoms with van der Waals surface area (Å²) in [5.41, 5.74) is 1.79. The summed E-state index contributed by atoms with van der Waals surface area (Å²) in [7, 11) is 0. The van der Waals surface area contributed by atoms with Gasteiger partial charge in [0.25, 0.3) is 0 Å². The number of carboxylic acids is 1. The van der Waals surface area contributed by atoms with Crippen LogP contribution in [0.2, 0.25) is 0 Å². The zero-order valence-corrected chi connectivity index (χ0v) is 16.1. The molecule has 2 heterocycles. The summed E-state index contributed by atoms with van der Waals surface area (Å²) in [5.74, 6) is -0.433. The molecule has 0 atom stereocenters. The van der Waals surface area contributed by atoms with Crippen molar-refractivity contribution in [3.05, 3.63) is 78.2 Å². The van der Waals surface area contributed by atoms with Gasteiger partial charge >= 0.3 is 5.97 Å². The van der Waals surface area contributed by atoms with Gasteiger partial charge in [0.2, 0.25) is 5.91 Å². The van der Waals surface area contributed by atoms with E-state index in [4.69, 9.17) is 14.4 Å². The lowest BCUT2D eigenvalue weighted by molar-refractivity contribution is -0.116. The Morgan fingerprint density at radius 1 is 1.10 bits per heavy atom. The maximum Gasteiger partial charge on any atom is 0.358 e. The highest BCUT2D eigenvalue weighted by atomic mass is 16.5. The number of rotatable bonds is 8. The van der Waals surface area contributed by atoms with Gasteiger partial charge in [0.05, 0.1) is 6.20 Å². The zero-order chi connectivity index (χ0) is 21.6. The second-order valence-corrected chi connectivity index (χ2v) is 6.52. The molecule has 10 heteroatoms. The molecule has 0 unspecified atom stereocenters. The SMILES string of the molecule is O=C(Cn1cc(COc2ccc(-c3cc(C(=O)O)no3)cc2)nn1)Nc1ccccc1. The number of carbonyl (C=O) groups is 2. The van der Waals surface area contributed by atoms with Crippen LogP contribution in [0.15, 0.2) is 71.4 Å². The normalized spacial score (nSPS) is 10.6. The van der Waals surface area contributed by atoms with Crippen LogP contribution in [0.25, 0.3) is 11.3 Å². The van der Waals surface area contributed by atoms with Crippen LogP contribution in [0.5, 0.6) is 5.75 Å². The van der Waals surface area contributed by atoms with Crippen molar-refractivity contribution in [2.24, 2.45) is 0 Å². The van der Waals surface area contributed by atoms with Gasteiger partial charge in [-0.25, -0.2) is 9.48 Å². The molecule has 10 nitrogen and oxygen atoms in total. The Hall–Kier alpha value is -4.47. The molecule has 4 aromatic rings. The topological polar surface area (TPSA) is 132 Å². The molecule has 0 aliphatic carbocycles. The quantitative estimate of drug-likeness (QED) is 0.445. The predicted octanol–water partition coefficient (Wildman–Crippen LogP) is 2.85. The molecule has 31 heavy (non-hydrogen) atoms. The van der Waals surface area contributed by atoms with E-state index in [1.807, 2.05) is 18.2 Å². The first-order valence-corrected chi connectivity index (χ1v) is 9.24. The average Bonchev–Trinajstić information content (AvgIpc) is 3.43. The summed E-state index contributed by atoms with van der Waals surface area (Å²) in [6, 6.07) is 17.4. The lowest BCUT2D eigenvalue weighted by Gasteiger charge is -2.05. The Morgan fingerprint density at radius 3 is 2.58 bits per heavy atom. The van der Waals surface area contributed by atoms with Gasteiger partial charge < -0.3 is 19.7 Å². The van der Waals surface area contributed by atoms with Crippen LogP contribution < -0.4 is 10.1 Å². The average molecular weight is 419 g/mol. The fourth-order valence-corrected chi connectivity index (χ4v) is 2.74. The van der Waals surface area contributed by atoms with Crippen molar-refractivity contribution in [3.8, 4) is 17.1 Å². The van der Waals surface area contributed by atoms with Gasteiger partial charge in [0.1, 0.15) is 24.6 Å². The Labute approximate surface area is 176 Å². The number of carbonyl (C=O) groups excluding carboxylic acids is 1. The molecule has 0 aliphatic heterocycles. The molecule has 0 spiro atoms. The predicted molar refractivity (Wildman–Crippen MR) is 108 cm³/mol. The summed E-state index contributed by atoms with van der Waals surface area (Å²) in [4.78, 5) is 23.0. The summed E-state index contributed by atoms with van der Waals surface area (Å²) in [5, 5.41) is 23.1. The smallest absolute Gasteiger partial charge is 0.358 e. The maximum absolute atomic E-state index is 12.1. The van der Waals surface area contributed by atoms with Crippen molar-refractivity contribution in [2.75, 3.05) is 5.32 Å². The van der Waals surface area contributed by atoms with Crippen LogP contribution in [0, 0.1) is 0 Å². The van der Waals surface area contributed by atoms with Crippen LogP contribution in [0.4, 0.5) is 5.69 Å². The van der Waals surface area contributed by atoms with Gasteiger partial charge in [-0.05, 0) is 36.4 Å². The highest BCUT2D eigenvalue weighted by Gasteiger charge is 2.12. The number of amides is 1. The lowest BCUT2D eigenvalue weighted by Crippen LogP contribution is -2.19. The third-order valence-corrected chi connectivity index (χ3v) is 4.20. The molecule has 2 aromatic carbocycles. The molecule has 0 saturated carbocycles. The van der Waals surface area contributed by atoms with E-state index >= 15 is 0 Å². The Kier molecular flexibility index (Phi) is 5.70. The number of nitrogens with one attached hydrogen (secondary N) is 1. The molecule has 2 N–H and O–H groups in total. The first kappa shape index (κ1) is 19.8. The number of para-hydroxylation sites is 1. The second kappa shape index (κ2) is 8.91. The zero-order valence-electron chi connectivity index (χ0n) is 16.1. The first-order chi connectivity index (χ1) is 15.1. The van der Waals surface area contributed by atoms with Crippen molar-refractivity contribution in [2.45, 2.75) is 13.2 Å². The van der Waals surface area contributed by atoms with Gasteiger partial charge in [0.15, 0.2) is 11.5 Å². The van der Waals surface area contributed by atoms with Gasteiger partial charge in [-0.1, -0.05) is 28.6 Å². The third kappa shape index (κ3) is 5.12. The minimum absolute atomic E-state index is 0.0338. The number of carboxylic acid groups (broad SMARTS) is 1. The van der Waals surface area contributed by atoms with E-state index in [0.29, 0.717) is 28.5 Å². The van der Waals surface area contributed by atoms with Gasteiger partial charge in [-0.15, -0.1) is 5.10 Å². The van der Waals surface area contributed by atoms with E-state index in [2.05, 4.69) is 20.8 Å². The van der Waals surface area contributed by atoms with E-state index in [1.54, 1.807) is 42.6 Å². The summed E-state index contributed by atoms with van der Waals surface area (Å²) in [6.07, 6.45) is 1.64. The number of hydrogen-bond donors (Lipinski definition) is 2. The van der Waals surface area contributed by atoms with Gasteiger partial charge in [-0.2, -0.15) is 0 Å². The largest absolute Gasteiger partial charge is 0.487 e. The van der Waals surface area contributed by atoms with E-state index < -0.39 is 5.97 Å². The van der Waals surface area contributed by atoms with E-state index in [9.17, 15) is 9.59 Å². The van der Waals surface area contributed by atoms with Gasteiger partial charge in [0, 0.05) is 17.3 Å². The van der Waals surface area contributed by atoms with E-state index in [1.165, 1.54) is 10.7 Å². The maximum atomic E-state index is 12.1. The van der Waals surface area contributed by atoms with Crippen LogP contribution >= 0.6 is 0 Å². The summed E-state index contributed by atoms with van der Waals surface area (Å²) < 4.78 is 12.1. The fraction of sp³-hybridized carbons (Fsp3) is 0.0952. The molecule has 0 fully saturated rings. The summed E-state index contributed by atoms with van der Waals surface area (Å²) in [6.45, 7) is 0.206. The standard InChI is InChI=1S/C21H17N5O5/c27-20(22-15-4-2-1-3-5-15)12-26-11-16(23-25-26)13-30-17-8-6-14(7-9-17)19-10-18(21(28)29)24-31-19/h1-11H,12-13H2,(H,22,27)(H,28,29). The van der Waals surface area contributed by atoms with E-state index in [0.717, 1.165) is 0 Å². The molecular weight excluding hydrogens is 402 g/mol. The van der Waals surface area contributed by atoms with Gasteiger partial charge in [-0.3, -0.25) is 4.79 Å². The van der Waals surface area contributed by atoms with E-state index in [-0.39, 0.29) is 24.8 Å². The first-order valence-electron chi connectivity index (χ1n) is 9.24. The molecular formula is C21H17N5O5. The Bertz CT molecular complexity index is 1180. The highest BCUT2D eigenvalue weighted by Crippen LogP contribution is 2.23. The minimum atomic E-state index is -1.15. The number of aromatic carboxylic acids is 1. The number of benzene rings is 2. The molecule has 4 rings (SSSR count). The molecule has 1 amide bonds. The third-order valence-electron chi connectivity index (χ3n) is 4.20. The Balaban J connectivity index is 1.30. The highest BCUT2D eigenvalue weighted by molar-refractivity contribution is 5.90. The summed E-state index contributed by atoms with van der Waals surface area (Å²) >= 11 is 0. The number of hydrogen-bond acceptors (Lipinski definition) is 7. The molecule has 0 saturated heterocycles. The Morgan fingerprint density at radius 2 is 1.87 bits per heavy atom. The van der Waals surface area contributed by atoms with Crippen molar-refractivity contribution in [1.82, 2.24) is 20.2 Å². The fourth-order valence-electron chi connectivity index (χ4n) is 2.74. The van der Waals surface area contributed by atoms with Crippen molar-refractivity contribution in [3.63, 3.8) is 0 Å². The molecule has 0 bridgehead atoms. The number of anilines is 1. The molecule has 156 valence electrons. The van der Waals surface area contributed by atoms with Crippen molar-refractivity contribution in [1.29, 1.82) is 0 Å². The second-order valence-electron chi connectivity index (χ2n) is 6.52. The molecule has 2 aromatic heterocycles. The molecule has 0 aliphatic rings. The van der Waals surface area contributed by atoms with Crippen molar-refractivity contribution >= 4 is 17.6 Å². The van der Waals surface area contributed by atoms with Crippen molar-refractivity contribution < 1.29 is 24.0 Å². The number of nitrogens with zero attached hydrogens (tertiary/aromatic N) is 4. The van der Waals surface area contributed by atoms with Crippen LogP contribution in [-0.4, -0.2) is 37.1 Å². The monoisotopic (exact) mass is 419 g/mol.